The summed E-state index contributed by atoms with van der Waals surface area (Å²) in [4.78, 5) is 11.3. The first-order chi connectivity index (χ1) is 8.78. The lowest BCUT2D eigenvalue weighted by atomic mass is 10.2. The van der Waals surface area contributed by atoms with E-state index in [2.05, 4.69) is 8.92 Å². The fourth-order valence-electron chi connectivity index (χ4n) is 1.17. The van der Waals surface area contributed by atoms with Crippen LogP contribution in [0.3, 0.4) is 0 Å². The Labute approximate surface area is 109 Å². The van der Waals surface area contributed by atoms with Crippen LogP contribution in [0, 0.1) is 0 Å². The minimum absolute atomic E-state index is 0.218. The molecule has 0 aliphatic heterocycles. The van der Waals surface area contributed by atoms with Crippen LogP contribution in [0.5, 0.6) is 0 Å². The van der Waals surface area contributed by atoms with Gasteiger partial charge in [0.25, 0.3) is 0 Å². The van der Waals surface area contributed by atoms with Crippen LogP contribution in [0.4, 0.5) is 8.78 Å². The summed E-state index contributed by atoms with van der Waals surface area (Å²) in [6.07, 6.45) is -0.218. The molecule has 0 amide bonds. The highest BCUT2D eigenvalue weighted by atomic mass is 32.2. The normalized spacial score (nSPS) is 12.2. The van der Waals surface area contributed by atoms with E-state index in [-0.39, 0.29) is 6.42 Å². The van der Waals surface area contributed by atoms with Gasteiger partial charge in [-0.25, -0.2) is 0 Å². The Morgan fingerprint density at radius 1 is 1.26 bits per heavy atom. The van der Waals surface area contributed by atoms with E-state index in [1.54, 1.807) is 30.3 Å². The fraction of sp³-hybridized carbons (Fsp3) is 0.364. The minimum Gasteiger partial charge on any atom is -0.458 e. The topological polar surface area (TPSA) is 69.7 Å². The molecule has 1 aromatic rings. The molecule has 0 radical (unpaired) electrons. The fourth-order valence-corrected chi connectivity index (χ4v) is 1.62. The predicted molar refractivity (Wildman–Crippen MR) is 62.0 cm³/mol. The standard InChI is InChI=1S/C11H12F2O5S/c1-17-19(15,16)11(12,13)8-18-10(14)7-9-5-3-2-4-6-9/h2-6H,7-8H2,1H3. The Morgan fingerprint density at radius 2 is 1.84 bits per heavy atom. The second kappa shape index (κ2) is 6.07. The summed E-state index contributed by atoms with van der Waals surface area (Å²) in [6.45, 7) is -1.57. The molecule has 19 heavy (non-hydrogen) atoms. The van der Waals surface area contributed by atoms with Crippen molar-refractivity contribution in [3.63, 3.8) is 0 Å². The number of ether oxygens (including phenoxy) is 1. The van der Waals surface area contributed by atoms with E-state index < -0.39 is 27.9 Å². The van der Waals surface area contributed by atoms with Crippen molar-refractivity contribution in [1.29, 1.82) is 0 Å². The van der Waals surface area contributed by atoms with Crippen LogP contribution in [0.2, 0.25) is 0 Å². The van der Waals surface area contributed by atoms with Gasteiger partial charge in [-0.2, -0.15) is 17.2 Å². The Morgan fingerprint density at radius 3 is 2.37 bits per heavy atom. The summed E-state index contributed by atoms with van der Waals surface area (Å²) in [6, 6.07) is 8.31. The summed E-state index contributed by atoms with van der Waals surface area (Å²) in [5, 5.41) is -4.27. The Balaban J connectivity index is 2.56. The average Bonchev–Trinajstić information content (AvgIpc) is 2.37. The summed E-state index contributed by atoms with van der Waals surface area (Å²) in [5.41, 5.74) is 0.574. The molecule has 0 saturated heterocycles. The molecule has 0 aliphatic carbocycles. The second-order valence-electron chi connectivity index (χ2n) is 3.58. The van der Waals surface area contributed by atoms with E-state index in [0.717, 1.165) is 0 Å². The molecule has 8 heteroatoms. The molecular formula is C11H12F2O5S. The van der Waals surface area contributed by atoms with Gasteiger partial charge in [-0.05, 0) is 5.56 Å². The van der Waals surface area contributed by atoms with E-state index in [1.807, 2.05) is 0 Å². The molecule has 5 nitrogen and oxygen atoms in total. The molecular weight excluding hydrogens is 282 g/mol. The van der Waals surface area contributed by atoms with Gasteiger partial charge in [-0.15, -0.1) is 0 Å². The van der Waals surface area contributed by atoms with Crippen LogP contribution in [-0.4, -0.2) is 33.4 Å². The number of carbonyl (C=O) groups is 1. The van der Waals surface area contributed by atoms with Crippen molar-refractivity contribution in [2.75, 3.05) is 13.7 Å². The zero-order valence-electron chi connectivity index (χ0n) is 10.0. The molecule has 0 bridgehead atoms. The smallest absolute Gasteiger partial charge is 0.403 e. The molecule has 106 valence electrons. The highest BCUT2D eigenvalue weighted by Crippen LogP contribution is 2.23. The highest BCUT2D eigenvalue weighted by Gasteiger charge is 2.47. The quantitative estimate of drug-likeness (QED) is 0.585. The van der Waals surface area contributed by atoms with Crippen molar-refractivity contribution < 1.29 is 30.9 Å². The maximum Gasteiger partial charge on any atom is 0.403 e. The number of halogens is 2. The van der Waals surface area contributed by atoms with Gasteiger partial charge in [0.15, 0.2) is 6.61 Å². The number of carbonyl (C=O) groups excluding carboxylic acids is 1. The van der Waals surface area contributed by atoms with Gasteiger partial charge in [0, 0.05) is 0 Å². The van der Waals surface area contributed by atoms with E-state index in [9.17, 15) is 22.0 Å². The van der Waals surface area contributed by atoms with Crippen molar-refractivity contribution in [1.82, 2.24) is 0 Å². The monoisotopic (exact) mass is 294 g/mol. The molecule has 0 fully saturated rings. The second-order valence-corrected chi connectivity index (χ2v) is 5.42. The third-order valence-corrected chi connectivity index (χ3v) is 3.47. The SMILES string of the molecule is COS(=O)(=O)C(F)(F)COC(=O)Cc1ccccc1. The van der Waals surface area contributed by atoms with Gasteiger partial charge in [-0.1, -0.05) is 30.3 Å². The number of benzene rings is 1. The van der Waals surface area contributed by atoms with Crippen molar-refractivity contribution in [3.05, 3.63) is 35.9 Å². The van der Waals surface area contributed by atoms with Gasteiger partial charge in [0.1, 0.15) is 0 Å². The molecule has 0 heterocycles. The summed E-state index contributed by atoms with van der Waals surface area (Å²) in [7, 11) is -4.47. The molecule has 0 aromatic heterocycles. The first kappa shape index (κ1) is 15.5. The van der Waals surface area contributed by atoms with Crippen molar-refractivity contribution in [2.45, 2.75) is 11.7 Å². The van der Waals surface area contributed by atoms with Gasteiger partial charge in [0.05, 0.1) is 13.5 Å². The van der Waals surface area contributed by atoms with Gasteiger partial charge in [-0.3, -0.25) is 8.98 Å². The summed E-state index contributed by atoms with van der Waals surface area (Å²) < 4.78 is 55.8. The molecule has 0 N–H and O–H groups in total. The Bertz CT molecular complexity index is 527. The lowest BCUT2D eigenvalue weighted by Gasteiger charge is -2.15. The molecule has 0 saturated carbocycles. The van der Waals surface area contributed by atoms with Gasteiger partial charge in [0.2, 0.25) is 0 Å². The Kier molecular flexibility index (Phi) is 4.96. The highest BCUT2D eigenvalue weighted by molar-refractivity contribution is 7.87. The van der Waals surface area contributed by atoms with Crippen molar-refractivity contribution in [2.24, 2.45) is 0 Å². The first-order valence-corrected chi connectivity index (χ1v) is 6.57. The van der Waals surface area contributed by atoms with Gasteiger partial charge >= 0.3 is 21.3 Å². The Hall–Kier alpha value is -1.54. The van der Waals surface area contributed by atoms with Crippen LogP contribution in [-0.2, 0) is 30.3 Å². The van der Waals surface area contributed by atoms with E-state index >= 15 is 0 Å². The van der Waals surface area contributed by atoms with E-state index in [1.165, 1.54) is 0 Å². The molecule has 1 rings (SSSR count). The van der Waals surface area contributed by atoms with Gasteiger partial charge < -0.3 is 4.74 Å². The van der Waals surface area contributed by atoms with E-state index in [4.69, 9.17) is 0 Å². The largest absolute Gasteiger partial charge is 0.458 e. The molecule has 0 spiro atoms. The molecule has 0 atom stereocenters. The number of esters is 1. The first-order valence-electron chi connectivity index (χ1n) is 5.16. The molecule has 0 unspecified atom stereocenters. The van der Waals surface area contributed by atoms with Crippen molar-refractivity contribution in [3.8, 4) is 0 Å². The van der Waals surface area contributed by atoms with Crippen molar-refractivity contribution >= 4 is 16.1 Å². The van der Waals surface area contributed by atoms with Crippen LogP contribution in [0.15, 0.2) is 30.3 Å². The van der Waals surface area contributed by atoms with Crippen LogP contribution in [0.1, 0.15) is 5.56 Å². The zero-order chi connectivity index (χ0) is 14.5. The average molecular weight is 294 g/mol. The van der Waals surface area contributed by atoms with Crippen LogP contribution in [0.25, 0.3) is 0 Å². The third kappa shape index (κ3) is 4.25. The maximum absolute atomic E-state index is 13.1. The number of hydrogen-bond donors (Lipinski definition) is 0. The summed E-state index contributed by atoms with van der Waals surface area (Å²) >= 11 is 0. The maximum atomic E-state index is 13.1. The lowest BCUT2D eigenvalue weighted by Crippen LogP contribution is -2.36. The number of hydrogen-bond acceptors (Lipinski definition) is 5. The molecule has 1 aromatic carbocycles. The third-order valence-electron chi connectivity index (χ3n) is 2.18. The summed E-state index contributed by atoms with van der Waals surface area (Å²) in [5.74, 6) is -0.947. The lowest BCUT2D eigenvalue weighted by molar-refractivity contribution is -0.148. The predicted octanol–water partition coefficient (Wildman–Crippen LogP) is 1.34. The van der Waals surface area contributed by atoms with E-state index in [0.29, 0.717) is 12.7 Å². The minimum atomic E-state index is -5.08. The number of rotatable bonds is 6. The van der Waals surface area contributed by atoms with Crippen LogP contribution < -0.4 is 0 Å². The molecule has 0 aliphatic rings. The zero-order valence-corrected chi connectivity index (χ0v) is 10.8. The number of alkyl halides is 2. The van der Waals surface area contributed by atoms with Crippen LogP contribution >= 0.6 is 0 Å².